The van der Waals surface area contributed by atoms with Crippen LogP contribution in [0.5, 0.6) is 0 Å². The molecule has 0 atom stereocenters. The fourth-order valence-electron chi connectivity index (χ4n) is 3.41. The van der Waals surface area contributed by atoms with Gasteiger partial charge in [0.2, 0.25) is 0 Å². The van der Waals surface area contributed by atoms with E-state index in [1.807, 2.05) is 49.9 Å². The van der Waals surface area contributed by atoms with Gasteiger partial charge in [-0.25, -0.2) is 9.97 Å². The van der Waals surface area contributed by atoms with E-state index in [0.29, 0.717) is 12.2 Å². The summed E-state index contributed by atoms with van der Waals surface area (Å²) in [5.74, 6) is -0.180. The van der Waals surface area contributed by atoms with E-state index in [0.717, 1.165) is 33.7 Å². The van der Waals surface area contributed by atoms with Gasteiger partial charge in [-0.15, -0.1) is 11.3 Å². The van der Waals surface area contributed by atoms with Crippen molar-refractivity contribution >= 4 is 28.3 Å². The lowest BCUT2D eigenvalue weighted by molar-refractivity contribution is 0.0946. The van der Waals surface area contributed by atoms with Crippen LogP contribution in [-0.4, -0.2) is 30.2 Å². The number of para-hydroxylation sites is 2. The van der Waals surface area contributed by atoms with Gasteiger partial charge in [0.1, 0.15) is 10.7 Å². The van der Waals surface area contributed by atoms with Crippen molar-refractivity contribution in [3.63, 3.8) is 0 Å². The van der Waals surface area contributed by atoms with Crippen LogP contribution in [0.25, 0.3) is 21.6 Å². The zero-order valence-electron chi connectivity index (χ0n) is 16.9. The third-order valence-corrected chi connectivity index (χ3v) is 5.94. The zero-order chi connectivity index (χ0) is 21.2. The van der Waals surface area contributed by atoms with E-state index < -0.39 is 0 Å². The van der Waals surface area contributed by atoms with Gasteiger partial charge in [0, 0.05) is 37.3 Å². The number of benzene rings is 2. The van der Waals surface area contributed by atoms with Gasteiger partial charge in [-0.05, 0) is 23.3 Å². The molecule has 5 rings (SSSR count). The van der Waals surface area contributed by atoms with Gasteiger partial charge in [0.15, 0.2) is 0 Å². The molecule has 0 aliphatic heterocycles. The first kappa shape index (κ1) is 19.2. The summed E-state index contributed by atoms with van der Waals surface area (Å²) in [6, 6.07) is 16.3. The summed E-state index contributed by atoms with van der Waals surface area (Å²) < 4.78 is 3.85. The minimum Gasteiger partial charge on any atom is -0.347 e. The van der Waals surface area contributed by atoms with Crippen molar-refractivity contribution in [1.29, 1.82) is 0 Å². The Bertz CT molecular complexity index is 1350. The summed E-state index contributed by atoms with van der Waals surface area (Å²) in [7, 11) is 1.85. The Hall–Kier alpha value is -3.78. The molecule has 5 aromatic rings. The lowest BCUT2D eigenvalue weighted by Crippen LogP contribution is -2.23. The molecule has 8 heteroatoms. The molecular formula is C23H20N6OS. The standard InChI is InChI=1S/C23H20N6OS/c1-28-13-18(11-26-28)23-27-20(14-31-23)22(30)24-10-16-6-8-17(9-7-16)12-29-15-25-19-4-2-3-5-21(19)29/h2-9,11,13-15H,10,12H2,1H3,(H,24,30). The molecule has 0 unspecified atom stereocenters. The molecule has 0 spiro atoms. The third-order valence-electron chi connectivity index (χ3n) is 5.04. The molecule has 3 heterocycles. The zero-order valence-corrected chi connectivity index (χ0v) is 17.7. The summed E-state index contributed by atoms with van der Waals surface area (Å²) in [6.45, 7) is 1.20. The summed E-state index contributed by atoms with van der Waals surface area (Å²) in [6.07, 6.45) is 5.50. The number of nitrogens with one attached hydrogen (secondary N) is 1. The number of fused-ring (bicyclic) bond motifs is 1. The van der Waals surface area contributed by atoms with Crippen molar-refractivity contribution < 1.29 is 4.79 Å². The molecule has 154 valence electrons. The maximum absolute atomic E-state index is 12.5. The molecule has 0 saturated heterocycles. The molecule has 0 aliphatic rings. The Balaban J connectivity index is 1.20. The Morgan fingerprint density at radius 1 is 1.10 bits per heavy atom. The molecule has 7 nitrogen and oxygen atoms in total. The first-order chi connectivity index (χ1) is 15.2. The number of rotatable bonds is 6. The second-order valence-corrected chi connectivity index (χ2v) is 8.16. The molecular weight excluding hydrogens is 408 g/mol. The number of aryl methyl sites for hydroxylation is 1. The van der Waals surface area contributed by atoms with Crippen LogP contribution in [0.3, 0.4) is 0 Å². The molecule has 0 radical (unpaired) electrons. The molecule has 0 fully saturated rings. The van der Waals surface area contributed by atoms with Crippen molar-refractivity contribution in [1.82, 2.24) is 29.6 Å². The summed E-state index contributed by atoms with van der Waals surface area (Å²) in [4.78, 5) is 21.3. The number of thiazole rings is 1. The smallest absolute Gasteiger partial charge is 0.271 e. The lowest BCUT2D eigenvalue weighted by Gasteiger charge is -2.07. The van der Waals surface area contributed by atoms with Gasteiger partial charge in [-0.1, -0.05) is 36.4 Å². The highest BCUT2D eigenvalue weighted by molar-refractivity contribution is 7.13. The van der Waals surface area contributed by atoms with Crippen LogP contribution in [0.15, 0.2) is 72.6 Å². The Morgan fingerprint density at radius 3 is 2.71 bits per heavy atom. The fraction of sp³-hybridized carbons (Fsp3) is 0.130. The Kier molecular flexibility index (Phi) is 5.05. The third kappa shape index (κ3) is 4.10. The van der Waals surface area contributed by atoms with Crippen LogP contribution in [0, 0.1) is 0 Å². The van der Waals surface area contributed by atoms with Crippen molar-refractivity contribution in [2.45, 2.75) is 13.1 Å². The normalized spacial score (nSPS) is 11.1. The molecule has 0 saturated carbocycles. The first-order valence-corrected chi connectivity index (χ1v) is 10.7. The monoisotopic (exact) mass is 428 g/mol. The van der Waals surface area contributed by atoms with Crippen LogP contribution in [0.4, 0.5) is 0 Å². The SMILES string of the molecule is Cn1cc(-c2nc(C(=O)NCc3ccc(Cn4cnc5ccccc54)cc3)cs2)cn1. The van der Waals surface area contributed by atoms with E-state index >= 15 is 0 Å². The van der Waals surface area contributed by atoms with Gasteiger partial charge in [0.25, 0.3) is 5.91 Å². The molecule has 0 bridgehead atoms. The first-order valence-electron chi connectivity index (χ1n) is 9.86. The lowest BCUT2D eigenvalue weighted by atomic mass is 10.1. The summed E-state index contributed by atoms with van der Waals surface area (Å²) in [5, 5.41) is 9.65. The maximum Gasteiger partial charge on any atom is 0.271 e. The van der Waals surface area contributed by atoms with Gasteiger partial charge >= 0.3 is 0 Å². The predicted molar refractivity (Wildman–Crippen MR) is 121 cm³/mol. The van der Waals surface area contributed by atoms with Crippen LogP contribution in [-0.2, 0) is 20.1 Å². The second kappa shape index (κ2) is 8.16. The van der Waals surface area contributed by atoms with E-state index in [9.17, 15) is 4.79 Å². The quantitative estimate of drug-likeness (QED) is 0.445. The van der Waals surface area contributed by atoms with Crippen molar-refractivity contribution in [2.75, 3.05) is 0 Å². The molecule has 1 N–H and O–H groups in total. The van der Waals surface area contributed by atoms with Crippen LogP contribution < -0.4 is 5.32 Å². The number of carbonyl (C=O) groups excluding carboxylic acids is 1. The minimum atomic E-state index is -0.180. The van der Waals surface area contributed by atoms with Crippen molar-refractivity contribution in [3.8, 4) is 10.6 Å². The van der Waals surface area contributed by atoms with E-state index in [2.05, 4.69) is 43.1 Å². The molecule has 2 aromatic carbocycles. The number of hydrogen-bond acceptors (Lipinski definition) is 5. The molecule has 31 heavy (non-hydrogen) atoms. The van der Waals surface area contributed by atoms with Gasteiger partial charge in [0.05, 0.1) is 23.6 Å². The van der Waals surface area contributed by atoms with E-state index in [1.54, 1.807) is 16.3 Å². The number of nitrogens with zero attached hydrogens (tertiary/aromatic N) is 5. The van der Waals surface area contributed by atoms with E-state index in [4.69, 9.17) is 0 Å². The van der Waals surface area contributed by atoms with Gasteiger partial charge < -0.3 is 9.88 Å². The van der Waals surface area contributed by atoms with E-state index in [-0.39, 0.29) is 5.91 Å². The van der Waals surface area contributed by atoms with Gasteiger partial charge in [-0.3, -0.25) is 9.48 Å². The average Bonchev–Trinajstić information content (AvgIpc) is 3.53. The second-order valence-electron chi connectivity index (χ2n) is 7.30. The molecule has 1 amide bonds. The number of carbonyl (C=O) groups is 1. The summed E-state index contributed by atoms with van der Waals surface area (Å²) >= 11 is 1.44. The fourth-order valence-corrected chi connectivity index (χ4v) is 4.19. The predicted octanol–water partition coefficient (Wildman–Crippen LogP) is 3.87. The van der Waals surface area contributed by atoms with Crippen LogP contribution in [0.1, 0.15) is 21.6 Å². The Labute approximate surface area is 183 Å². The Morgan fingerprint density at radius 2 is 1.90 bits per heavy atom. The van der Waals surface area contributed by atoms with Crippen LogP contribution >= 0.6 is 11.3 Å². The van der Waals surface area contributed by atoms with Crippen LogP contribution in [0.2, 0.25) is 0 Å². The molecule has 0 aliphatic carbocycles. The highest BCUT2D eigenvalue weighted by atomic mass is 32.1. The highest BCUT2D eigenvalue weighted by Gasteiger charge is 2.12. The van der Waals surface area contributed by atoms with Crippen molar-refractivity contribution in [2.24, 2.45) is 7.05 Å². The number of hydrogen-bond donors (Lipinski definition) is 1. The minimum absolute atomic E-state index is 0.180. The molecule has 3 aromatic heterocycles. The average molecular weight is 429 g/mol. The maximum atomic E-state index is 12.5. The summed E-state index contributed by atoms with van der Waals surface area (Å²) in [5.41, 5.74) is 5.66. The largest absolute Gasteiger partial charge is 0.347 e. The number of aromatic nitrogens is 5. The highest BCUT2D eigenvalue weighted by Crippen LogP contribution is 2.23. The van der Waals surface area contributed by atoms with Crippen molar-refractivity contribution in [3.05, 3.63) is 89.5 Å². The number of amides is 1. The van der Waals surface area contributed by atoms with E-state index in [1.165, 1.54) is 16.9 Å². The topological polar surface area (TPSA) is 77.6 Å². The number of imidazole rings is 1. The van der Waals surface area contributed by atoms with Gasteiger partial charge in [-0.2, -0.15) is 5.10 Å².